The Hall–Kier alpha value is -3.48. The smallest absolute Gasteiger partial charge is 0.264 e. The van der Waals surface area contributed by atoms with Crippen LogP contribution < -0.4 is 10.6 Å². The monoisotopic (exact) mass is 489 g/mol. The number of unbranched alkanes of at least 4 members (excludes halogenated alkanes) is 7. The minimum absolute atomic E-state index is 0.114. The second-order valence-electron chi connectivity index (χ2n) is 9.67. The van der Waals surface area contributed by atoms with Gasteiger partial charge in [0.05, 0.1) is 11.1 Å². The summed E-state index contributed by atoms with van der Waals surface area (Å²) in [6.45, 7) is 0.716. The third-order valence-corrected chi connectivity index (χ3v) is 7.02. The van der Waals surface area contributed by atoms with Crippen molar-refractivity contribution in [2.24, 2.45) is 0 Å². The van der Waals surface area contributed by atoms with Crippen molar-refractivity contribution in [1.82, 2.24) is 10.2 Å². The Morgan fingerprint density at radius 3 is 2.19 bits per heavy atom. The van der Waals surface area contributed by atoms with Gasteiger partial charge in [-0.05, 0) is 43.4 Å². The molecule has 2 aliphatic heterocycles. The van der Waals surface area contributed by atoms with Gasteiger partial charge in [0.15, 0.2) is 0 Å². The number of aryl methyl sites for hydroxylation is 1. The van der Waals surface area contributed by atoms with Gasteiger partial charge < -0.3 is 5.32 Å². The van der Waals surface area contributed by atoms with Crippen LogP contribution in [0.2, 0.25) is 0 Å². The third kappa shape index (κ3) is 6.20. The highest BCUT2D eigenvalue weighted by molar-refractivity contribution is 6.25. The first-order valence-corrected chi connectivity index (χ1v) is 13.2. The van der Waals surface area contributed by atoms with E-state index in [0.717, 1.165) is 24.2 Å². The van der Waals surface area contributed by atoms with Gasteiger partial charge in [-0.1, -0.05) is 74.9 Å². The van der Waals surface area contributed by atoms with E-state index in [4.69, 9.17) is 0 Å². The van der Waals surface area contributed by atoms with Gasteiger partial charge >= 0.3 is 0 Å². The molecule has 1 saturated heterocycles. The van der Waals surface area contributed by atoms with Crippen LogP contribution in [-0.2, 0) is 16.0 Å². The molecular weight excluding hydrogens is 454 g/mol. The second-order valence-corrected chi connectivity index (χ2v) is 9.67. The number of carbonyl (C=O) groups excluding carboxylic acids is 4. The number of imide groups is 2. The number of carbonyl (C=O) groups is 4. The molecule has 7 heteroatoms. The van der Waals surface area contributed by atoms with Gasteiger partial charge in [-0.15, -0.1) is 0 Å². The third-order valence-electron chi connectivity index (χ3n) is 7.02. The van der Waals surface area contributed by atoms with Crippen LogP contribution in [0.5, 0.6) is 0 Å². The zero-order chi connectivity index (χ0) is 25.3. The van der Waals surface area contributed by atoms with Crippen molar-refractivity contribution in [3.8, 4) is 0 Å². The summed E-state index contributed by atoms with van der Waals surface area (Å²) in [5.41, 5.74) is 2.67. The SMILES string of the molecule is O=C1CCC(N2C(=O)c3cccc(NCCCCCCCCCCc4ccccc4)c3C2=O)C(=O)N1. The number of anilines is 1. The van der Waals surface area contributed by atoms with Gasteiger partial charge in [0.2, 0.25) is 11.8 Å². The Morgan fingerprint density at radius 1 is 0.778 bits per heavy atom. The number of hydrogen-bond donors (Lipinski definition) is 2. The molecule has 7 nitrogen and oxygen atoms in total. The number of piperidine rings is 1. The van der Waals surface area contributed by atoms with Crippen molar-refractivity contribution in [2.75, 3.05) is 11.9 Å². The van der Waals surface area contributed by atoms with Gasteiger partial charge in [0.1, 0.15) is 6.04 Å². The van der Waals surface area contributed by atoms with E-state index in [1.54, 1.807) is 18.2 Å². The zero-order valence-electron chi connectivity index (χ0n) is 20.8. The molecule has 36 heavy (non-hydrogen) atoms. The first kappa shape index (κ1) is 25.6. The summed E-state index contributed by atoms with van der Waals surface area (Å²) < 4.78 is 0. The molecule has 2 aromatic carbocycles. The van der Waals surface area contributed by atoms with E-state index in [1.165, 1.54) is 44.1 Å². The molecule has 0 saturated carbocycles. The fourth-order valence-electron chi connectivity index (χ4n) is 5.04. The standard InChI is InChI=1S/C29H35N3O4/c33-25-19-18-24(27(34)31-25)32-28(35)22-16-12-17-23(26(22)29(32)36)30-20-11-6-4-2-1-3-5-8-13-21-14-9-7-10-15-21/h7,9-10,12,14-17,24,30H,1-6,8,11,13,18-20H2,(H,31,33,34). The van der Waals surface area contributed by atoms with Crippen molar-refractivity contribution < 1.29 is 19.2 Å². The molecule has 4 amide bonds. The van der Waals surface area contributed by atoms with Gasteiger partial charge in [-0.3, -0.25) is 29.4 Å². The number of nitrogens with zero attached hydrogens (tertiary/aromatic N) is 1. The maximum Gasteiger partial charge on any atom is 0.264 e. The number of rotatable bonds is 13. The van der Waals surface area contributed by atoms with E-state index in [2.05, 4.69) is 41.0 Å². The summed E-state index contributed by atoms with van der Waals surface area (Å²) in [4.78, 5) is 50.8. The Bertz CT molecular complexity index is 1100. The lowest BCUT2D eigenvalue weighted by Gasteiger charge is -2.27. The predicted molar refractivity (Wildman–Crippen MR) is 139 cm³/mol. The van der Waals surface area contributed by atoms with Crippen molar-refractivity contribution >= 4 is 29.3 Å². The summed E-state index contributed by atoms with van der Waals surface area (Å²) in [5, 5.41) is 5.55. The van der Waals surface area contributed by atoms with Crippen LogP contribution in [0.15, 0.2) is 48.5 Å². The van der Waals surface area contributed by atoms with Gasteiger partial charge in [0.25, 0.3) is 11.8 Å². The lowest BCUT2D eigenvalue weighted by Crippen LogP contribution is -2.54. The number of nitrogens with one attached hydrogen (secondary N) is 2. The first-order chi connectivity index (χ1) is 17.6. The Kier molecular flexibility index (Phi) is 8.87. The van der Waals surface area contributed by atoms with Crippen LogP contribution in [0.25, 0.3) is 0 Å². The molecule has 4 rings (SSSR count). The lowest BCUT2D eigenvalue weighted by molar-refractivity contribution is -0.136. The molecule has 2 aliphatic rings. The Labute approximate surface area is 212 Å². The molecule has 1 atom stereocenters. The quantitative estimate of drug-likeness (QED) is 0.309. The van der Waals surface area contributed by atoms with Crippen LogP contribution >= 0.6 is 0 Å². The van der Waals surface area contributed by atoms with Crippen molar-refractivity contribution in [3.63, 3.8) is 0 Å². The summed E-state index contributed by atoms with van der Waals surface area (Å²) in [5.74, 6) is -1.92. The predicted octanol–water partition coefficient (Wildman–Crippen LogP) is 4.86. The average Bonchev–Trinajstić information content (AvgIpc) is 3.13. The van der Waals surface area contributed by atoms with Crippen LogP contribution in [0.1, 0.15) is 90.5 Å². The molecular formula is C29H35N3O4. The fourth-order valence-corrected chi connectivity index (χ4v) is 5.04. The van der Waals surface area contributed by atoms with Crippen molar-refractivity contribution in [2.45, 2.75) is 76.7 Å². The largest absolute Gasteiger partial charge is 0.384 e. The number of hydrogen-bond acceptors (Lipinski definition) is 5. The maximum absolute atomic E-state index is 13.1. The average molecular weight is 490 g/mol. The van der Waals surface area contributed by atoms with Gasteiger partial charge in [-0.2, -0.15) is 0 Å². The fraction of sp³-hybridized carbons (Fsp3) is 0.448. The molecule has 0 spiro atoms. The molecule has 190 valence electrons. The van der Waals surface area contributed by atoms with E-state index in [1.807, 2.05) is 0 Å². The van der Waals surface area contributed by atoms with Crippen LogP contribution in [-0.4, -0.2) is 41.1 Å². The normalized spacial score (nSPS) is 17.3. The summed E-state index contributed by atoms with van der Waals surface area (Å²) in [6.07, 6.45) is 11.0. The van der Waals surface area contributed by atoms with Crippen molar-refractivity contribution in [3.05, 3.63) is 65.2 Å². The van der Waals surface area contributed by atoms with Crippen LogP contribution in [0.3, 0.4) is 0 Å². The summed E-state index contributed by atoms with van der Waals surface area (Å²) in [6, 6.07) is 14.9. The number of benzene rings is 2. The topological polar surface area (TPSA) is 95.6 Å². The van der Waals surface area contributed by atoms with E-state index < -0.39 is 23.8 Å². The van der Waals surface area contributed by atoms with E-state index >= 15 is 0 Å². The molecule has 2 N–H and O–H groups in total. The highest BCUT2D eigenvalue weighted by Crippen LogP contribution is 2.32. The van der Waals surface area contributed by atoms with E-state index in [9.17, 15) is 19.2 Å². The second kappa shape index (κ2) is 12.5. The van der Waals surface area contributed by atoms with Gasteiger partial charge in [0, 0.05) is 18.7 Å². The summed E-state index contributed by atoms with van der Waals surface area (Å²) in [7, 11) is 0. The molecule has 0 aromatic heterocycles. The van der Waals surface area contributed by atoms with Crippen LogP contribution in [0, 0.1) is 0 Å². The van der Waals surface area contributed by atoms with E-state index in [-0.39, 0.29) is 18.7 Å². The maximum atomic E-state index is 13.1. The van der Waals surface area contributed by atoms with Crippen LogP contribution in [0.4, 0.5) is 5.69 Å². The minimum atomic E-state index is -0.943. The Balaban J connectivity index is 1.15. The molecule has 2 heterocycles. The minimum Gasteiger partial charge on any atom is -0.384 e. The molecule has 0 radical (unpaired) electrons. The zero-order valence-corrected chi connectivity index (χ0v) is 20.8. The van der Waals surface area contributed by atoms with Crippen molar-refractivity contribution in [1.29, 1.82) is 0 Å². The number of fused-ring (bicyclic) bond motifs is 1. The Morgan fingerprint density at radius 2 is 1.47 bits per heavy atom. The highest BCUT2D eigenvalue weighted by Gasteiger charge is 2.45. The molecule has 1 unspecified atom stereocenters. The summed E-state index contributed by atoms with van der Waals surface area (Å²) >= 11 is 0. The molecule has 0 bridgehead atoms. The number of amides is 4. The van der Waals surface area contributed by atoms with Gasteiger partial charge in [-0.25, -0.2) is 0 Å². The molecule has 0 aliphatic carbocycles. The highest BCUT2D eigenvalue weighted by atomic mass is 16.2. The molecule has 1 fully saturated rings. The first-order valence-electron chi connectivity index (χ1n) is 13.2. The van der Waals surface area contributed by atoms with E-state index in [0.29, 0.717) is 23.4 Å². The lowest BCUT2D eigenvalue weighted by atomic mass is 10.0. The molecule has 2 aromatic rings.